The maximum Gasteiger partial charge on any atom is 0.172 e. The van der Waals surface area contributed by atoms with Gasteiger partial charge in [0.1, 0.15) is 0 Å². The van der Waals surface area contributed by atoms with Crippen molar-refractivity contribution in [3.8, 4) is 0 Å². The van der Waals surface area contributed by atoms with Crippen LogP contribution in [-0.2, 0) is 0 Å². The molecule has 0 saturated carbocycles. The number of rotatable bonds is 5. The van der Waals surface area contributed by atoms with Crippen LogP contribution < -0.4 is 0 Å². The molecule has 1 aromatic heterocycles. The Morgan fingerprint density at radius 2 is 2.46 bits per heavy atom. The molecule has 0 aliphatic carbocycles. The lowest BCUT2D eigenvalue weighted by Crippen LogP contribution is -1.94. The molecule has 0 bridgehead atoms. The first-order valence-electron chi connectivity index (χ1n) is 4.12. The third-order valence-electron chi connectivity index (χ3n) is 1.65. The molecular weight excluding hydrogens is 248 g/mol. The van der Waals surface area contributed by atoms with Crippen molar-refractivity contribution >= 4 is 33.0 Å². The van der Waals surface area contributed by atoms with E-state index in [1.165, 1.54) is 11.3 Å². The number of halogens is 1. The smallest absolute Gasteiger partial charge is 0.172 e. The van der Waals surface area contributed by atoms with E-state index in [0.29, 0.717) is 6.42 Å². The van der Waals surface area contributed by atoms with Gasteiger partial charge in [0.15, 0.2) is 5.78 Å². The van der Waals surface area contributed by atoms with Crippen molar-refractivity contribution in [2.45, 2.75) is 19.3 Å². The predicted molar refractivity (Wildman–Crippen MR) is 60.4 cm³/mol. The molecule has 13 heavy (non-hydrogen) atoms. The SMILES string of the molecule is C=CCCCC(=O)c1cc(Br)cs1. The molecule has 0 atom stereocenters. The standard InChI is InChI=1S/C10H11BrOS/c1-2-3-4-5-9(12)10-6-8(11)7-13-10/h2,6-7H,1,3-5H2. The van der Waals surface area contributed by atoms with E-state index in [-0.39, 0.29) is 5.78 Å². The Labute approximate surface area is 90.6 Å². The summed E-state index contributed by atoms with van der Waals surface area (Å²) in [4.78, 5) is 12.3. The molecule has 0 fully saturated rings. The highest BCUT2D eigenvalue weighted by Gasteiger charge is 2.07. The monoisotopic (exact) mass is 258 g/mol. The highest BCUT2D eigenvalue weighted by atomic mass is 79.9. The van der Waals surface area contributed by atoms with Crippen LogP contribution in [0.5, 0.6) is 0 Å². The quantitative estimate of drug-likeness (QED) is 0.443. The van der Waals surface area contributed by atoms with Crippen LogP contribution in [-0.4, -0.2) is 5.78 Å². The first-order chi connectivity index (χ1) is 6.24. The van der Waals surface area contributed by atoms with Crippen LogP contribution in [0.1, 0.15) is 28.9 Å². The zero-order chi connectivity index (χ0) is 9.68. The third kappa shape index (κ3) is 3.44. The Hall–Kier alpha value is -0.410. The van der Waals surface area contributed by atoms with Crippen LogP contribution in [0, 0.1) is 0 Å². The molecule has 0 amide bonds. The second-order valence-electron chi connectivity index (χ2n) is 2.73. The van der Waals surface area contributed by atoms with Gasteiger partial charge in [0.2, 0.25) is 0 Å². The van der Waals surface area contributed by atoms with E-state index in [4.69, 9.17) is 0 Å². The zero-order valence-electron chi connectivity index (χ0n) is 7.25. The van der Waals surface area contributed by atoms with E-state index < -0.39 is 0 Å². The first kappa shape index (κ1) is 10.7. The van der Waals surface area contributed by atoms with Gasteiger partial charge in [-0.1, -0.05) is 6.08 Å². The number of ketones is 1. The molecule has 0 aliphatic heterocycles. The van der Waals surface area contributed by atoms with Crippen LogP contribution in [0.4, 0.5) is 0 Å². The summed E-state index contributed by atoms with van der Waals surface area (Å²) < 4.78 is 0.990. The summed E-state index contributed by atoms with van der Waals surface area (Å²) in [6.45, 7) is 3.62. The largest absolute Gasteiger partial charge is 0.293 e. The fourth-order valence-electron chi connectivity index (χ4n) is 0.989. The normalized spacial score (nSPS) is 9.92. The number of Topliss-reactive ketones (excluding diaryl/α,β-unsaturated/α-hetero) is 1. The topological polar surface area (TPSA) is 17.1 Å². The van der Waals surface area contributed by atoms with Crippen molar-refractivity contribution in [3.05, 3.63) is 33.5 Å². The Morgan fingerprint density at radius 1 is 1.69 bits per heavy atom. The Morgan fingerprint density at radius 3 is 3.00 bits per heavy atom. The lowest BCUT2D eigenvalue weighted by Gasteiger charge is -1.94. The first-order valence-corrected chi connectivity index (χ1v) is 5.79. The van der Waals surface area contributed by atoms with Crippen LogP contribution in [0.25, 0.3) is 0 Å². The summed E-state index contributed by atoms with van der Waals surface area (Å²) in [5.41, 5.74) is 0. The number of thiophene rings is 1. The molecule has 0 saturated heterocycles. The van der Waals surface area contributed by atoms with Gasteiger partial charge in [0.25, 0.3) is 0 Å². The van der Waals surface area contributed by atoms with Crippen molar-refractivity contribution in [2.24, 2.45) is 0 Å². The summed E-state index contributed by atoms with van der Waals surface area (Å²) in [7, 11) is 0. The van der Waals surface area contributed by atoms with Gasteiger partial charge in [-0.3, -0.25) is 4.79 Å². The van der Waals surface area contributed by atoms with Gasteiger partial charge >= 0.3 is 0 Å². The molecule has 0 unspecified atom stereocenters. The summed E-state index contributed by atoms with van der Waals surface area (Å²) in [6, 6.07) is 1.88. The van der Waals surface area contributed by atoms with Crippen LogP contribution in [0.3, 0.4) is 0 Å². The van der Waals surface area contributed by atoms with Crippen LogP contribution in [0.15, 0.2) is 28.6 Å². The number of carbonyl (C=O) groups is 1. The van der Waals surface area contributed by atoms with Crippen molar-refractivity contribution < 1.29 is 4.79 Å². The highest BCUT2D eigenvalue weighted by Crippen LogP contribution is 2.21. The average molecular weight is 259 g/mol. The van der Waals surface area contributed by atoms with Gasteiger partial charge in [-0.05, 0) is 34.8 Å². The van der Waals surface area contributed by atoms with Gasteiger partial charge in [-0.2, -0.15) is 0 Å². The Balaban J connectivity index is 2.44. The highest BCUT2D eigenvalue weighted by molar-refractivity contribution is 9.10. The van der Waals surface area contributed by atoms with E-state index in [9.17, 15) is 4.79 Å². The number of allylic oxidation sites excluding steroid dienone is 1. The number of carbonyl (C=O) groups excluding carboxylic acids is 1. The fourth-order valence-corrected chi connectivity index (χ4v) is 2.39. The summed E-state index contributed by atoms with van der Waals surface area (Å²) in [5.74, 6) is 0.234. The molecule has 1 heterocycles. The number of hydrogen-bond donors (Lipinski definition) is 0. The molecule has 70 valence electrons. The maximum absolute atomic E-state index is 11.5. The molecule has 1 rings (SSSR count). The molecule has 1 nitrogen and oxygen atoms in total. The minimum atomic E-state index is 0.234. The molecule has 0 aromatic carbocycles. The van der Waals surface area contributed by atoms with Crippen LogP contribution >= 0.6 is 27.3 Å². The van der Waals surface area contributed by atoms with E-state index in [1.807, 2.05) is 17.5 Å². The average Bonchev–Trinajstić information content (AvgIpc) is 2.52. The lowest BCUT2D eigenvalue weighted by atomic mass is 10.1. The van der Waals surface area contributed by atoms with Gasteiger partial charge < -0.3 is 0 Å². The molecular formula is C10H11BrOS. The Bertz CT molecular complexity index is 304. The molecule has 1 aromatic rings. The van der Waals surface area contributed by atoms with Crippen molar-refractivity contribution in [3.63, 3.8) is 0 Å². The van der Waals surface area contributed by atoms with E-state index >= 15 is 0 Å². The van der Waals surface area contributed by atoms with Crippen LogP contribution in [0.2, 0.25) is 0 Å². The number of hydrogen-bond acceptors (Lipinski definition) is 2. The fraction of sp³-hybridized carbons (Fsp3) is 0.300. The van der Waals surface area contributed by atoms with Crippen molar-refractivity contribution in [2.75, 3.05) is 0 Å². The minimum absolute atomic E-state index is 0.234. The van der Waals surface area contributed by atoms with Gasteiger partial charge in [-0.15, -0.1) is 17.9 Å². The lowest BCUT2D eigenvalue weighted by molar-refractivity contribution is 0.0984. The molecule has 0 aliphatic rings. The van der Waals surface area contributed by atoms with Gasteiger partial charge in [-0.25, -0.2) is 0 Å². The predicted octanol–water partition coefficient (Wildman–Crippen LogP) is 4.05. The molecule has 0 spiro atoms. The van der Waals surface area contributed by atoms with E-state index in [2.05, 4.69) is 22.5 Å². The van der Waals surface area contributed by atoms with E-state index in [0.717, 1.165) is 22.2 Å². The maximum atomic E-state index is 11.5. The van der Waals surface area contributed by atoms with Gasteiger partial charge in [0, 0.05) is 16.3 Å². The van der Waals surface area contributed by atoms with Crippen molar-refractivity contribution in [1.82, 2.24) is 0 Å². The minimum Gasteiger partial charge on any atom is -0.293 e. The molecule has 3 heteroatoms. The van der Waals surface area contributed by atoms with Gasteiger partial charge in [0.05, 0.1) is 4.88 Å². The zero-order valence-corrected chi connectivity index (χ0v) is 9.66. The second kappa shape index (κ2) is 5.35. The second-order valence-corrected chi connectivity index (χ2v) is 4.56. The summed E-state index contributed by atoms with van der Waals surface area (Å²) in [5, 5.41) is 1.93. The summed E-state index contributed by atoms with van der Waals surface area (Å²) in [6.07, 6.45) is 4.28. The molecule has 0 N–H and O–H groups in total. The number of unbranched alkanes of at least 4 members (excludes halogenated alkanes) is 1. The molecule has 0 radical (unpaired) electrons. The summed E-state index contributed by atoms with van der Waals surface area (Å²) >= 11 is 4.82. The van der Waals surface area contributed by atoms with Crippen molar-refractivity contribution in [1.29, 1.82) is 0 Å². The van der Waals surface area contributed by atoms with E-state index in [1.54, 1.807) is 0 Å². The Kier molecular flexibility index (Phi) is 4.39. The third-order valence-corrected chi connectivity index (χ3v) is 3.39.